The minimum absolute atomic E-state index is 0.960. The van der Waals surface area contributed by atoms with E-state index in [1.807, 2.05) is 11.8 Å². The van der Waals surface area contributed by atoms with Gasteiger partial charge in [0.15, 0.2) is 5.17 Å². The van der Waals surface area contributed by atoms with Crippen LogP contribution in [0.5, 0.6) is 0 Å². The van der Waals surface area contributed by atoms with Gasteiger partial charge in [0, 0.05) is 25.4 Å². The van der Waals surface area contributed by atoms with E-state index in [-0.39, 0.29) is 0 Å². The third-order valence-electron chi connectivity index (χ3n) is 3.53. The van der Waals surface area contributed by atoms with E-state index in [2.05, 4.69) is 65.6 Å². The van der Waals surface area contributed by atoms with Crippen molar-refractivity contribution in [3.8, 4) is 0 Å². The Kier molecular flexibility index (Phi) is 4.95. The fourth-order valence-corrected chi connectivity index (χ4v) is 3.45. The average molecular weight is 296 g/mol. The van der Waals surface area contributed by atoms with Gasteiger partial charge in [0.1, 0.15) is 0 Å². The Morgan fingerprint density at radius 2 is 1.57 bits per heavy atom. The first-order valence-electron chi connectivity index (χ1n) is 7.42. The number of amidine groups is 1. The summed E-state index contributed by atoms with van der Waals surface area (Å²) in [6.07, 6.45) is 1.15. The van der Waals surface area contributed by atoms with E-state index in [9.17, 15) is 0 Å². The fraction of sp³-hybridized carbons (Fsp3) is 0.278. The number of hydrogen-bond acceptors (Lipinski definition) is 3. The van der Waals surface area contributed by atoms with Gasteiger partial charge in [-0.05, 0) is 17.5 Å². The molecule has 0 radical (unpaired) electrons. The second kappa shape index (κ2) is 7.32. The van der Waals surface area contributed by atoms with Crippen LogP contribution in [0, 0.1) is 0 Å². The summed E-state index contributed by atoms with van der Waals surface area (Å²) in [5, 5.41) is 1.19. The predicted molar refractivity (Wildman–Crippen MR) is 91.5 cm³/mol. The molecule has 3 heteroatoms. The van der Waals surface area contributed by atoms with Crippen LogP contribution in [0.4, 0.5) is 0 Å². The summed E-state index contributed by atoms with van der Waals surface area (Å²) in [5.41, 5.74) is 2.71. The molecule has 1 heterocycles. The summed E-state index contributed by atoms with van der Waals surface area (Å²) in [5.74, 6) is 0.991. The minimum atomic E-state index is 0.960. The van der Waals surface area contributed by atoms with E-state index in [1.165, 1.54) is 16.3 Å². The quantitative estimate of drug-likeness (QED) is 0.841. The summed E-state index contributed by atoms with van der Waals surface area (Å²) in [6.45, 7) is 3.03. The van der Waals surface area contributed by atoms with Gasteiger partial charge >= 0.3 is 0 Å². The average Bonchev–Trinajstić information content (AvgIpc) is 2.56. The molecule has 108 valence electrons. The SMILES string of the molecule is c1ccc(CSC2=NCCCN2Cc2ccccc2)cc1. The molecule has 2 aromatic rings. The first-order chi connectivity index (χ1) is 10.4. The molecule has 1 aliphatic rings. The molecule has 0 aromatic heterocycles. The zero-order chi connectivity index (χ0) is 14.3. The molecule has 0 saturated carbocycles. The van der Waals surface area contributed by atoms with Gasteiger partial charge in [0.2, 0.25) is 0 Å². The summed E-state index contributed by atoms with van der Waals surface area (Å²) in [7, 11) is 0. The lowest BCUT2D eigenvalue weighted by atomic mass is 10.2. The van der Waals surface area contributed by atoms with Gasteiger partial charge in [-0.25, -0.2) is 0 Å². The van der Waals surface area contributed by atoms with Crippen molar-refractivity contribution >= 4 is 16.9 Å². The lowest BCUT2D eigenvalue weighted by Crippen LogP contribution is -2.33. The third-order valence-corrected chi connectivity index (χ3v) is 4.65. The number of thioether (sulfide) groups is 1. The minimum Gasteiger partial charge on any atom is -0.347 e. The highest BCUT2D eigenvalue weighted by Crippen LogP contribution is 2.21. The van der Waals surface area contributed by atoms with Crippen molar-refractivity contribution in [2.75, 3.05) is 13.1 Å². The van der Waals surface area contributed by atoms with Gasteiger partial charge < -0.3 is 4.90 Å². The van der Waals surface area contributed by atoms with E-state index in [4.69, 9.17) is 4.99 Å². The Morgan fingerprint density at radius 3 is 2.29 bits per heavy atom. The van der Waals surface area contributed by atoms with Crippen molar-refractivity contribution in [2.45, 2.75) is 18.7 Å². The zero-order valence-electron chi connectivity index (χ0n) is 12.1. The summed E-state index contributed by atoms with van der Waals surface area (Å²) in [6, 6.07) is 21.3. The highest BCUT2D eigenvalue weighted by molar-refractivity contribution is 8.13. The molecule has 0 bridgehead atoms. The smallest absolute Gasteiger partial charge is 0.159 e. The molecule has 2 aromatic carbocycles. The molecular weight excluding hydrogens is 276 g/mol. The van der Waals surface area contributed by atoms with Crippen LogP contribution in [0.3, 0.4) is 0 Å². The fourth-order valence-electron chi connectivity index (χ4n) is 2.44. The molecule has 0 amide bonds. The first kappa shape index (κ1) is 14.2. The van der Waals surface area contributed by atoms with E-state index < -0.39 is 0 Å². The monoisotopic (exact) mass is 296 g/mol. The molecule has 0 unspecified atom stereocenters. The van der Waals surface area contributed by atoms with Crippen molar-refractivity contribution in [2.24, 2.45) is 4.99 Å². The standard InChI is InChI=1S/C18H20N2S/c1-3-8-16(9-4-1)14-20-13-7-12-19-18(20)21-15-17-10-5-2-6-11-17/h1-6,8-11H,7,12-15H2. The van der Waals surface area contributed by atoms with E-state index in [1.54, 1.807) is 0 Å². The van der Waals surface area contributed by atoms with Crippen LogP contribution in [-0.2, 0) is 12.3 Å². The number of aliphatic imine (C=N–C) groups is 1. The Hall–Kier alpha value is -1.74. The highest BCUT2D eigenvalue weighted by atomic mass is 32.2. The Labute approximate surface area is 130 Å². The van der Waals surface area contributed by atoms with Crippen LogP contribution in [0.1, 0.15) is 17.5 Å². The van der Waals surface area contributed by atoms with Crippen molar-refractivity contribution in [1.82, 2.24) is 4.90 Å². The predicted octanol–water partition coefficient (Wildman–Crippen LogP) is 4.18. The maximum atomic E-state index is 4.73. The number of benzene rings is 2. The van der Waals surface area contributed by atoms with Crippen molar-refractivity contribution < 1.29 is 0 Å². The molecule has 0 atom stereocenters. The summed E-state index contributed by atoms with van der Waals surface area (Å²) in [4.78, 5) is 7.14. The van der Waals surface area contributed by atoms with Crippen LogP contribution in [0.25, 0.3) is 0 Å². The van der Waals surface area contributed by atoms with Crippen LogP contribution in [0.15, 0.2) is 65.7 Å². The van der Waals surface area contributed by atoms with Crippen LogP contribution < -0.4 is 0 Å². The number of nitrogens with zero attached hydrogens (tertiary/aromatic N) is 2. The van der Waals surface area contributed by atoms with Crippen LogP contribution >= 0.6 is 11.8 Å². The summed E-state index contributed by atoms with van der Waals surface area (Å²) < 4.78 is 0. The molecule has 0 spiro atoms. The molecule has 3 rings (SSSR count). The molecule has 2 nitrogen and oxygen atoms in total. The maximum absolute atomic E-state index is 4.73. The van der Waals surface area contributed by atoms with Crippen LogP contribution in [-0.4, -0.2) is 23.2 Å². The second-order valence-electron chi connectivity index (χ2n) is 5.20. The van der Waals surface area contributed by atoms with Gasteiger partial charge in [-0.3, -0.25) is 4.99 Å². The summed E-state index contributed by atoms with van der Waals surface area (Å²) >= 11 is 1.85. The van der Waals surface area contributed by atoms with Gasteiger partial charge in [-0.2, -0.15) is 0 Å². The largest absolute Gasteiger partial charge is 0.347 e. The topological polar surface area (TPSA) is 15.6 Å². The molecule has 0 saturated heterocycles. The second-order valence-corrected chi connectivity index (χ2v) is 6.14. The molecule has 0 aliphatic carbocycles. The van der Waals surface area contributed by atoms with E-state index >= 15 is 0 Å². The van der Waals surface area contributed by atoms with Gasteiger partial charge in [0.05, 0.1) is 0 Å². The highest BCUT2D eigenvalue weighted by Gasteiger charge is 2.16. The van der Waals surface area contributed by atoms with Crippen molar-refractivity contribution in [3.63, 3.8) is 0 Å². The van der Waals surface area contributed by atoms with Gasteiger partial charge in [-0.1, -0.05) is 72.4 Å². The number of hydrogen-bond donors (Lipinski definition) is 0. The molecular formula is C18H20N2S. The molecule has 0 N–H and O–H groups in total. The van der Waals surface area contributed by atoms with Gasteiger partial charge in [-0.15, -0.1) is 0 Å². The Bertz CT molecular complexity index is 581. The molecule has 1 aliphatic heterocycles. The van der Waals surface area contributed by atoms with Crippen molar-refractivity contribution in [3.05, 3.63) is 71.8 Å². The molecule has 0 fully saturated rings. The number of rotatable bonds is 4. The lowest BCUT2D eigenvalue weighted by molar-refractivity contribution is 0.397. The normalized spacial score (nSPS) is 14.9. The lowest BCUT2D eigenvalue weighted by Gasteiger charge is -2.29. The van der Waals surface area contributed by atoms with E-state index in [0.29, 0.717) is 0 Å². The maximum Gasteiger partial charge on any atom is 0.159 e. The first-order valence-corrected chi connectivity index (χ1v) is 8.40. The Morgan fingerprint density at radius 1 is 0.905 bits per heavy atom. The third kappa shape index (κ3) is 4.11. The molecule has 21 heavy (non-hydrogen) atoms. The Balaban J connectivity index is 1.63. The van der Waals surface area contributed by atoms with Crippen LogP contribution in [0.2, 0.25) is 0 Å². The van der Waals surface area contributed by atoms with Gasteiger partial charge in [0.25, 0.3) is 0 Å². The van der Waals surface area contributed by atoms with Crippen molar-refractivity contribution in [1.29, 1.82) is 0 Å². The van der Waals surface area contributed by atoms with E-state index in [0.717, 1.165) is 31.8 Å². The zero-order valence-corrected chi connectivity index (χ0v) is 12.9.